The SMILES string of the molecule is Cc1sc(CNOCC(F)(F)F)cc1Br. The zero-order chi connectivity index (χ0) is 11.5. The number of rotatable bonds is 4. The van der Waals surface area contributed by atoms with E-state index in [1.54, 1.807) is 0 Å². The number of nitrogens with one attached hydrogen (secondary N) is 1. The highest BCUT2D eigenvalue weighted by molar-refractivity contribution is 9.10. The molecule has 0 saturated carbocycles. The van der Waals surface area contributed by atoms with Gasteiger partial charge in [-0.3, -0.25) is 4.84 Å². The van der Waals surface area contributed by atoms with Gasteiger partial charge in [-0.1, -0.05) is 0 Å². The lowest BCUT2D eigenvalue weighted by molar-refractivity contribution is -0.190. The van der Waals surface area contributed by atoms with Gasteiger partial charge in [0.1, 0.15) is 0 Å². The van der Waals surface area contributed by atoms with E-state index in [0.29, 0.717) is 0 Å². The molecular weight excluding hydrogens is 295 g/mol. The Balaban J connectivity index is 2.26. The van der Waals surface area contributed by atoms with Crippen LogP contribution in [0.15, 0.2) is 10.5 Å². The van der Waals surface area contributed by atoms with Crippen LogP contribution in [0.2, 0.25) is 0 Å². The Morgan fingerprint density at radius 2 is 2.20 bits per heavy atom. The van der Waals surface area contributed by atoms with Crippen molar-refractivity contribution in [3.63, 3.8) is 0 Å². The molecule has 2 nitrogen and oxygen atoms in total. The average Bonchev–Trinajstić information content (AvgIpc) is 2.39. The summed E-state index contributed by atoms with van der Waals surface area (Å²) in [5.74, 6) is 0. The van der Waals surface area contributed by atoms with E-state index in [1.807, 2.05) is 13.0 Å². The summed E-state index contributed by atoms with van der Waals surface area (Å²) in [6.07, 6.45) is -4.29. The van der Waals surface area contributed by atoms with Gasteiger partial charge in [0.15, 0.2) is 6.61 Å². The topological polar surface area (TPSA) is 21.3 Å². The molecule has 0 spiro atoms. The predicted molar refractivity (Wildman–Crippen MR) is 55.6 cm³/mol. The third-order valence-electron chi connectivity index (χ3n) is 1.49. The van der Waals surface area contributed by atoms with Gasteiger partial charge < -0.3 is 0 Å². The Labute approximate surface area is 97.5 Å². The van der Waals surface area contributed by atoms with Gasteiger partial charge in [0.05, 0.1) is 6.54 Å². The first kappa shape index (κ1) is 13.0. The van der Waals surface area contributed by atoms with Crippen LogP contribution in [-0.2, 0) is 11.4 Å². The summed E-state index contributed by atoms with van der Waals surface area (Å²) >= 11 is 4.82. The first-order chi connectivity index (χ1) is 6.88. The highest BCUT2D eigenvalue weighted by Gasteiger charge is 2.27. The van der Waals surface area contributed by atoms with Crippen molar-refractivity contribution in [2.45, 2.75) is 19.6 Å². The molecule has 15 heavy (non-hydrogen) atoms. The first-order valence-corrected chi connectivity index (χ1v) is 5.65. The van der Waals surface area contributed by atoms with E-state index >= 15 is 0 Å². The Bertz CT molecular complexity index is 307. The fourth-order valence-electron chi connectivity index (χ4n) is 0.860. The lowest BCUT2D eigenvalue weighted by Crippen LogP contribution is -2.24. The molecular formula is C8H9BrF3NOS. The van der Waals surface area contributed by atoms with Gasteiger partial charge in [0.25, 0.3) is 0 Å². The number of hydrogen-bond donors (Lipinski definition) is 1. The summed E-state index contributed by atoms with van der Waals surface area (Å²) in [5.41, 5.74) is 2.27. The molecule has 0 saturated heterocycles. The predicted octanol–water partition coefficient (Wildman–Crippen LogP) is 3.40. The summed E-state index contributed by atoms with van der Waals surface area (Å²) in [5, 5.41) is 0. The summed E-state index contributed by atoms with van der Waals surface area (Å²) in [4.78, 5) is 6.27. The van der Waals surface area contributed by atoms with E-state index in [0.717, 1.165) is 14.2 Å². The lowest BCUT2D eigenvalue weighted by Gasteiger charge is -2.07. The molecule has 0 fully saturated rings. The minimum atomic E-state index is -4.29. The highest BCUT2D eigenvalue weighted by atomic mass is 79.9. The fourth-order valence-corrected chi connectivity index (χ4v) is 2.39. The quantitative estimate of drug-likeness (QED) is 0.680. The summed E-state index contributed by atoms with van der Waals surface area (Å²) in [7, 11) is 0. The Hall–Kier alpha value is -0.110. The van der Waals surface area contributed by atoms with Crippen LogP contribution in [0.25, 0.3) is 0 Å². The smallest absolute Gasteiger partial charge is 0.292 e. The van der Waals surface area contributed by atoms with Gasteiger partial charge in [0, 0.05) is 14.2 Å². The molecule has 0 aliphatic heterocycles. The molecule has 0 aliphatic rings. The number of hydrogen-bond acceptors (Lipinski definition) is 3. The molecule has 1 heterocycles. The second-order valence-electron chi connectivity index (χ2n) is 2.84. The zero-order valence-electron chi connectivity index (χ0n) is 7.82. The van der Waals surface area contributed by atoms with Crippen molar-refractivity contribution in [3.8, 4) is 0 Å². The van der Waals surface area contributed by atoms with Crippen LogP contribution < -0.4 is 5.48 Å². The molecule has 1 N–H and O–H groups in total. The van der Waals surface area contributed by atoms with Crippen molar-refractivity contribution >= 4 is 27.3 Å². The molecule has 0 aliphatic carbocycles. The van der Waals surface area contributed by atoms with Gasteiger partial charge in [-0.25, -0.2) is 0 Å². The van der Waals surface area contributed by atoms with Crippen molar-refractivity contribution in [1.82, 2.24) is 5.48 Å². The second kappa shape index (κ2) is 5.29. The van der Waals surface area contributed by atoms with Crippen molar-refractivity contribution in [1.29, 1.82) is 0 Å². The molecule has 0 unspecified atom stereocenters. The van der Waals surface area contributed by atoms with Gasteiger partial charge >= 0.3 is 6.18 Å². The van der Waals surface area contributed by atoms with Gasteiger partial charge in [-0.2, -0.15) is 18.7 Å². The standard InChI is InChI=1S/C8H9BrF3NOS/c1-5-7(9)2-6(15-5)3-13-14-4-8(10,11)12/h2,13H,3-4H2,1H3. The molecule has 0 amide bonds. The molecule has 0 atom stereocenters. The molecule has 1 aromatic heterocycles. The Morgan fingerprint density at radius 1 is 1.53 bits per heavy atom. The van der Waals surface area contributed by atoms with E-state index < -0.39 is 12.8 Å². The third-order valence-corrected chi connectivity index (χ3v) is 3.63. The molecule has 86 valence electrons. The van der Waals surface area contributed by atoms with E-state index in [-0.39, 0.29) is 6.54 Å². The number of aryl methyl sites for hydroxylation is 1. The van der Waals surface area contributed by atoms with Gasteiger partial charge in [-0.05, 0) is 28.9 Å². The Kier molecular flexibility index (Phi) is 4.57. The first-order valence-electron chi connectivity index (χ1n) is 4.04. The lowest BCUT2D eigenvalue weighted by atomic mass is 10.4. The minimum absolute atomic E-state index is 0.271. The van der Waals surface area contributed by atoms with Crippen LogP contribution in [-0.4, -0.2) is 12.8 Å². The number of hydroxylamine groups is 1. The van der Waals surface area contributed by atoms with Gasteiger partial charge in [0.2, 0.25) is 0 Å². The maximum atomic E-state index is 11.7. The van der Waals surface area contributed by atoms with E-state index in [1.165, 1.54) is 11.3 Å². The Morgan fingerprint density at radius 3 is 2.67 bits per heavy atom. The molecule has 1 aromatic rings. The van der Waals surface area contributed by atoms with Crippen LogP contribution in [0.5, 0.6) is 0 Å². The van der Waals surface area contributed by atoms with Gasteiger partial charge in [-0.15, -0.1) is 11.3 Å². The highest BCUT2D eigenvalue weighted by Crippen LogP contribution is 2.26. The van der Waals surface area contributed by atoms with Crippen LogP contribution in [0.1, 0.15) is 9.75 Å². The molecule has 0 aromatic carbocycles. The van der Waals surface area contributed by atoms with Crippen molar-refractivity contribution < 1.29 is 18.0 Å². The summed E-state index contributed by atoms with van der Waals surface area (Å²) < 4.78 is 36.0. The summed E-state index contributed by atoms with van der Waals surface area (Å²) in [6.45, 7) is 0.917. The molecule has 1 rings (SSSR count). The van der Waals surface area contributed by atoms with Crippen LogP contribution in [0.4, 0.5) is 13.2 Å². The zero-order valence-corrected chi connectivity index (χ0v) is 10.2. The normalized spacial score (nSPS) is 12.1. The van der Waals surface area contributed by atoms with Crippen LogP contribution in [0.3, 0.4) is 0 Å². The fraction of sp³-hybridized carbons (Fsp3) is 0.500. The maximum absolute atomic E-state index is 11.7. The van der Waals surface area contributed by atoms with E-state index in [9.17, 15) is 13.2 Å². The van der Waals surface area contributed by atoms with Crippen molar-refractivity contribution in [3.05, 3.63) is 20.3 Å². The monoisotopic (exact) mass is 303 g/mol. The average molecular weight is 304 g/mol. The number of halogens is 4. The van der Waals surface area contributed by atoms with E-state index in [4.69, 9.17) is 0 Å². The third kappa shape index (κ3) is 4.96. The van der Waals surface area contributed by atoms with Crippen molar-refractivity contribution in [2.75, 3.05) is 6.61 Å². The molecule has 0 radical (unpaired) electrons. The molecule has 7 heteroatoms. The number of thiophene rings is 1. The second-order valence-corrected chi connectivity index (χ2v) is 5.04. The van der Waals surface area contributed by atoms with Crippen molar-refractivity contribution in [2.24, 2.45) is 0 Å². The van der Waals surface area contributed by atoms with Crippen LogP contribution >= 0.6 is 27.3 Å². The van der Waals surface area contributed by atoms with E-state index in [2.05, 4.69) is 26.2 Å². The largest absolute Gasteiger partial charge is 0.413 e. The number of alkyl halides is 3. The minimum Gasteiger partial charge on any atom is -0.292 e. The van der Waals surface area contributed by atoms with Crippen LogP contribution in [0, 0.1) is 6.92 Å². The summed E-state index contributed by atoms with van der Waals surface area (Å²) in [6, 6.07) is 1.85. The maximum Gasteiger partial charge on any atom is 0.413 e. The molecule has 0 bridgehead atoms.